The largest absolute Gasteiger partial charge is 0.421 e. The van der Waals surface area contributed by atoms with Gasteiger partial charge in [0, 0.05) is 79.8 Å². The Hall–Kier alpha value is -5.63. The quantitative estimate of drug-likeness (QED) is 0.131. The van der Waals surface area contributed by atoms with Crippen LogP contribution >= 0.6 is 11.3 Å². The first-order chi connectivity index (χ1) is 22.3. The van der Waals surface area contributed by atoms with Crippen LogP contribution in [0.2, 0.25) is 0 Å². The van der Waals surface area contributed by atoms with Crippen LogP contribution in [0.1, 0.15) is 18.2 Å². The van der Waals surface area contributed by atoms with Crippen LogP contribution in [-0.2, 0) is 18.0 Å². The minimum Gasteiger partial charge on any atom is -0.421 e. The summed E-state index contributed by atoms with van der Waals surface area (Å²) in [6.45, 7) is 6.71. The number of pyridine rings is 1. The maximum atomic E-state index is 15.7. The van der Waals surface area contributed by atoms with Crippen LogP contribution in [0.4, 0.5) is 29.1 Å². The van der Waals surface area contributed by atoms with E-state index in [2.05, 4.69) is 31.9 Å². The van der Waals surface area contributed by atoms with Crippen LogP contribution in [0.25, 0.3) is 42.8 Å². The minimum atomic E-state index is -4.83. The molecule has 0 radical (unpaired) electrons. The number of amides is 1. The molecule has 0 aliphatic carbocycles. The summed E-state index contributed by atoms with van der Waals surface area (Å²) in [6.07, 6.45) is 1.51. The fourth-order valence-corrected chi connectivity index (χ4v) is 6.36. The van der Waals surface area contributed by atoms with Crippen LogP contribution < -0.4 is 15.8 Å². The van der Waals surface area contributed by atoms with E-state index in [0.717, 1.165) is 23.5 Å². The first kappa shape index (κ1) is 31.4. The number of rotatable bonds is 7. The second-order valence-electron chi connectivity index (χ2n) is 10.7. The lowest BCUT2D eigenvalue weighted by Crippen LogP contribution is -2.14. The first-order valence-electron chi connectivity index (χ1n) is 14.0. The van der Waals surface area contributed by atoms with Gasteiger partial charge in [-0.15, -0.1) is 11.3 Å². The van der Waals surface area contributed by atoms with E-state index in [1.54, 1.807) is 37.1 Å². The standard InChI is InChI=1S/C33H25F4N7O2S/c1-16(2)31(45)43-20-6-7-21(23(12-20)33(35,36)37)28-26(18-5-8-25(24(34)11-18)46-32-39-10-9-17(3)42-32)27-29(47-28)22(14-40-30(27)38)19-13-41-44(4)15-19/h5-15H,1H2,2-4H3,(H2,38,40)(H,43,45). The molecule has 6 aromatic rings. The van der Waals surface area contributed by atoms with Gasteiger partial charge in [-0.25, -0.2) is 19.3 Å². The number of hydrogen-bond acceptors (Lipinski definition) is 8. The molecular weight excluding hydrogens is 634 g/mol. The third kappa shape index (κ3) is 6.14. The zero-order chi connectivity index (χ0) is 33.6. The second kappa shape index (κ2) is 11.9. The summed E-state index contributed by atoms with van der Waals surface area (Å²) in [7, 11) is 1.73. The highest BCUT2D eigenvalue weighted by molar-refractivity contribution is 7.23. The van der Waals surface area contributed by atoms with Gasteiger partial charge in [-0.2, -0.15) is 18.3 Å². The predicted octanol–water partition coefficient (Wildman–Crippen LogP) is 8.18. The topological polar surface area (TPSA) is 121 Å². The molecular formula is C33H25F4N7O2S. The lowest BCUT2D eigenvalue weighted by molar-refractivity contribution is -0.137. The number of anilines is 2. The molecule has 4 heterocycles. The number of thiophene rings is 1. The maximum absolute atomic E-state index is 15.7. The van der Waals surface area contributed by atoms with Crippen LogP contribution in [-0.4, -0.2) is 30.6 Å². The van der Waals surface area contributed by atoms with Gasteiger partial charge < -0.3 is 15.8 Å². The monoisotopic (exact) mass is 659 g/mol. The van der Waals surface area contributed by atoms with Crippen LogP contribution in [0.3, 0.4) is 0 Å². The molecule has 0 atom stereocenters. The zero-order valence-corrected chi connectivity index (χ0v) is 25.9. The van der Waals surface area contributed by atoms with Crippen molar-refractivity contribution in [2.24, 2.45) is 7.05 Å². The van der Waals surface area contributed by atoms with Crippen molar-refractivity contribution in [2.45, 2.75) is 20.0 Å². The van der Waals surface area contributed by atoms with Crippen molar-refractivity contribution in [1.82, 2.24) is 24.7 Å². The average Bonchev–Trinajstić information content (AvgIpc) is 3.62. The molecule has 0 unspecified atom stereocenters. The molecule has 9 nitrogen and oxygen atoms in total. The van der Waals surface area contributed by atoms with E-state index >= 15 is 4.39 Å². The third-order valence-electron chi connectivity index (χ3n) is 7.17. The molecule has 0 aliphatic heterocycles. The van der Waals surface area contributed by atoms with E-state index < -0.39 is 23.5 Å². The van der Waals surface area contributed by atoms with Gasteiger partial charge in [0.15, 0.2) is 11.6 Å². The van der Waals surface area contributed by atoms with Gasteiger partial charge in [-0.1, -0.05) is 18.7 Å². The van der Waals surface area contributed by atoms with Gasteiger partial charge in [0.25, 0.3) is 5.91 Å². The summed E-state index contributed by atoms with van der Waals surface area (Å²) >= 11 is 1.05. The van der Waals surface area contributed by atoms with E-state index in [0.29, 0.717) is 26.9 Å². The number of ether oxygens (including phenoxy) is 1. The van der Waals surface area contributed by atoms with Crippen LogP contribution in [0, 0.1) is 12.7 Å². The highest BCUT2D eigenvalue weighted by atomic mass is 32.1. The Balaban J connectivity index is 1.60. The second-order valence-corrected chi connectivity index (χ2v) is 11.7. The van der Waals surface area contributed by atoms with Crippen molar-refractivity contribution < 1.29 is 27.1 Å². The summed E-state index contributed by atoms with van der Waals surface area (Å²) < 4.78 is 67.5. The SMILES string of the molecule is C=C(C)C(=O)Nc1ccc(-c2sc3c(-c4cnn(C)c4)cnc(N)c3c2-c2ccc(Oc3nccc(C)n3)c(F)c2)c(C(F)(F)F)c1. The third-order valence-corrected chi connectivity index (χ3v) is 8.42. The lowest BCUT2D eigenvalue weighted by atomic mass is 9.95. The summed E-state index contributed by atoms with van der Waals surface area (Å²) in [4.78, 5) is 24.9. The van der Waals surface area contributed by atoms with Gasteiger partial charge in [0.2, 0.25) is 0 Å². The summed E-state index contributed by atoms with van der Waals surface area (Å²) in [5.41, 5.74) is 7.57. The van der Waals surface area contributed by atoms with Crippen LogP contribution in [0.15, 0.2) is 79.4 Å². The predicted molar refractivity (Wildman–Crippen MR) is 172 cm³/mol. The van der Waals surface area contributed by atoms with Crippen molar-refractivity contribution in [2.75, 3.05) is 11.1 Å². The van der Waals surface area contributed by atoms with Gasteiger partial charge in [-0.3, -0.25) is 9.48 Å². The molecule has 6 rings (SSSR count). The normalized spacial score (nSPS) is 11.6. The van der Waals surface area contributed by atoms with E-state index in [9.17, 15) is 18.0 Å². The van der Waals surface area contributed by atoms with Crippen molar-refractivity contribution in [3.8, 4) is 44.5 Å². The molecule has 0 aliphatic rings. The van der Waals surface area contributed by atoms with E-state index in [1.165, 1.54) is 43.6 Å². The molecule has 0 saturated heterocycles. The van der Waals surface area contributed by atoms with Gasteiger partial charge in [0.05, 0.1) is 11.8 Å². The van der Waals surface area contributed by atoms with Crippen LogP contribution in [0.5, 0.6) is 11.8 Å². The number of hydrogen-bond donors (Lipinski definition) is 2. The average molecular weight is 660 g/mol. The van der Waals surface area contributed by atoms with Gasteiger partial charge >= 0.3 is 12.2 Å². The fraction of sp³-hybridized carbons (Fsp3) is 0.121. The number of aryl methyl sites for hydroxylation is 2. The number of benzene rings is 2. The Morgan fingerprint density at radius 2 is 1.85 bits per heavy atom. The number of halogens is 4. The van der Waals surface area contributed by atoms with E-state index in [1.807, 2.05) is 0 Å². The summed E-state index contributed by atoms with van der Waals surface area (Å²) in [6, 6.07) is 9.09. The molecule has 2 aromatic carbocycles. The lowest BCUT2D eigenvalue weighted by Gasteiger charge is -2.16. The number of nitrogens with two attached hydrogens (primary N) is 1. The number of nitrogens with one attached hydrogen (secondary N) is 1. The highest BCUT2D eigenvalue weighted by Crippen LogP contribution is 2.52. The van der Waals surface area contributed by atoms with Crippen molar-refractivity contribution in [3.63, 3.8) is 0 Å². The molecule has 14 heteroatoms. The van der Waals surface area contributed by atoms with Crippen molar-refractivity contribution >= 4 is 38.8 Å². The van der Waals surface area contributed by atoms with E-state index in [4.69, 9.17) is 10.5 Å². The number of alkyl halides is 3. The Morgan fingerprint density at radius 3 is 2.51 bits per heavy atom. The van der Waals surface area contributed by atoms with Crippen molar-refractivity contribution in [1.29, 1.82) is 0 Å². The smallest absolute Gasteiger partial charge is 0.417 e. The fourth-order valence-electron chi connectivity index (χ4n) is 4.96. The number of nitrogen functional groups attached to an aromatic ring is 1. The molecule has 0 spiro atoms. The minimum absolute atomic E-state index is 0.0398. The number of nitrogens with zero attached hydrogens (tertiary/aromatic N) is 5. The van der Waals surface area contributed by atoms with E-state index in [-0.39, 0.29) is 50.4 Å². The Morgan fingerprint density at radius 1 is 1.06 bits per heavy atom. The number of aromatic nitrogens is 5. The highest BCUT2D eigenvalue weighted by Gasteiger charge is 2.36. The molecule has 0 bridgehead atoms. The summed E-state index contributed by atoms with van der Waals surface area (Å²) in [5, 5.41) is 7.00. The Labute approximate surface area is 269 Å². The number of carbonyl (C=O) groups excluding carboxylic acids is 1. The van der Waals surface area contributed by atoms with Gasteiger partial charge in [0.1, 0.15) is 5.82 Å². The molecule has 0 saturated carbocycles. The molecule has 47 heavy (non-hydrogen) atoms. The summed E-state index contributed by atoms with van der Waals surface area (Å²) in [5.74, 6) is -1.57. The molecule has 3 N–H and O–H groups in total. The number of carbonyl (C=O) groups is 1. The number of fused-ring (bicyclic) bond motifs is 1. The molecule has 0 fully saturated rings. The van der Waals surface area contributed by atoms with Crippen molar-refractivity contribution in [3.05, 3.63) is 96.5 Å². The Bertz CT molecular complexity index is 2210. The molecule has 4 aromatic heterocycles. The zero-order valence-electron chi connectivity index (χ0n) is 25.1. The molecule has 238 valence electrons. The molecule has 1 amide bonds. The Kier molecular flexibility index (Phi) is 7.97. The first-order valence-corrected chi connectivity index (χ1v) is 14.8. The van der Waals surface area contributed by atoms with Gasteiger partial charge in [-0.05, 0) is 49.7 Å². The maximum Gasteiger partial charge on any atom is 0.417 e.